The van der Waals surface area contributed by atoms with Crippen molar-refractivity contribution < 1.29 is 14.7 Å². The highest BCUT2D eigenvalue weighted by atomic mass is 16.4. The number of nitrogens with one attached hydrogen (secondary N) is 2. The average Bonchev–Trinajstić information content (AvgIpc) is 2.63. The quantitative estimate of drug-likeness (QED) is 0.639. The van der Waals surface area contributed by atoms with E-state index in [1.165, 1.54) is 0 Å². The van der Waals surface area contributed by atoms with E-state index in [0.29, 0.717) is 13.0 Å². The second-order valence-electron chi connectivity index (χ2n) is 4.68. The molecular formula is C11H21N3O3. The van der Waals surface area contributed by atoms with E-state index in [1.54, 1.807) is 6.92 Å². The van der Waals surface area contributed by atoms with Crippen molar-refractivity contribution in [2.75, 3.05) is 26.7 Å². The van der Waals surface area contributed by atoms with Crippen LogP contribution in [-0.4, -0.2) is 54.7 Å². The van der Waals surface area contributed by atoms with Gasteiger partial charge in [-0.3, -0.25) is 4.79 Å². The number of amides is 2. The summed E-state index contributed by atoms with van der Waals surface area (Å²) >= 11 is 0. The van der Waals surface area contributed by atoms with Crippen molar-refractivity contribution in [1.29, 1.82) is 0 Å². The summed E-state index contributed by atoms with van der Waals surface area (Å²) in [5, 5.41) is 14.2. The lowest BCUT2D eigenvalue weighted by Crippen LogP contribution is -2.43. The summed E-state index contributed by atoms with van der Waals surface area (Å²) in [4.78, 5) is 24.2. The van der Waals surface area contributed by atoms with Crippen LogP contribution in [0, 0.1) is 5.92 Å². The SMILES string of the molecule is CC(CCNC(=O)NC1CCN(C)C1)C(=O)O. The lowest BCUT2D eigenvalue weighted by Gasteiger charge is -2.14. The first-order valence-corrected chi connectivity index (χ1v) is 5.94. The van der Waals surface area contributed by atoms with Crippen LogP contribution in [0.25, 0.3) is 0 Å². The van der Waals surface area contributed by atoms with Crippen molar-refractivity contribution in [2.45, 2.75) is 25.8 Å². The maximum Gasteiger partial charge on any atom is 0.315 e. The first-order valence-electron chi connectivity index (χ1n) is 5.94. The van der Waals surface area contributed by atoms with Gasteiger partial charge in [-0.2, -0.15) is 0 Å². The van der Waals surface area contributed by atoms with Crippen LogP contribution in [0.1, 0.15) is 19.8 Å². The van der Waals surface area contributed by atoms with Crippen LogP contribution in [0.3, 0.4) is 0 Å². The maximum atomic E-state index is 11.5. The highest BCUT2D eigenvalue weighted by Gasteiger charge is 2.20. The molecule has 0 aromatic heterocycles. The molecule has 0 aliphatic carbocycles. The molecule has 0 bridgehead atoms. The molecule has 1 fully saturated rings. The van der Waals surface area contributed by atoms with E-state index in [4.69, 9.17) is 5.11 Å². The Labute approximate surface area is 101 Å². The number of urea groups is 1. The number of carbonyl (C=O) groups is 2. The molecule has 0 saturated carbocycles. The topological polar surface area (TPSA) is 81.7 Å². The maximum absolute atomic E-state index is 11.5. The average molecular weight is 243 g/mol. The molecule has 1 rings (SSSR count). The molecule has 6 nitrogen and oxygen atoms in total. The van der Waals surface area contributed by atoms with Crippen molar-refractivity contribution in [3.05, 3.63) is 0 Å². The number of hydrogen-bond acceptors (Lipinski definition) is 3. The van der Waals surface area contributed by atoms with Gasteiger partial charge in [0.25, 0.3) is 0 Å². The summed E-state index contributed by atoms with van der Waals surface area (Å²) < 4.78 is 0. The molecule has 0 spiro atoms. The zero-order valence-electron chi connectivity index (χ0n) is 10.4. The number of likely N-dealkylation sites (N-methyl/N-ethyl adjacent to an activating group) is 1. The minimum absolute atomic E-state index is 0.205. The van der Waals surface area contributed by atoms with Crippen LogP contribution >= 0.6 is 0 Å². The van der Waals surface area contributed by atoms with Gasteiger partial charge >= 0.3 is 12.0 Å². The predicted octanol–water partition coefficient (Wildman–Crippen LogP) is 0.101. The van der Waals surface area contributed by atoms with Crippen molar-refractivity contribution in [2.24, 2.45) is 5.92 Å². The van der Waals surface area contributed by atoms with Crippen molar-refractivity contribution in [3.8, 4) is 0 Å². The van der Waals surface area contributed by atoms with Crippen LogP contribution in [-0.2, 0) is 4.79 Å². The normalized spacial score (nSPS) is 22.1. The van der Waals surface area contributed by atoms with Gasteiger partial charge in [0, 0.05) is 19.1 Å². The Morgan fingerprint density at radius 1 is 1.53 bits per heavy atom. The second-order valence-corrected chi connectivity index (χ2v) is 4.68. The van der Waals surface area contributed by atoms with E-state index < -0.39 is 11.9 Å². The molecule has 2 unspecified atom stereocenters. The van der Waals surface area contributed by atoms with Crippen molar-refractivity contribution in [3.63, 3.8) is 0 Å². The fourth-order valence-electron chi connectivity index (χ4n) is 1.81. The molecule has 1 heterocycles. The molecule has 1 saturated heterocycles. The largest absolute Gasteiger partial charge is 0.481 e. The molecule has 3 N–H and O–H groups in total. The molecule has 2 amide bonds. The summed E-state index contributed by atoms with van der Waals surface area (Å²) in [5.41, 5.74) is 0. The smallest absolute Gasteiger partial charge is 0.315 e. The van der Waals surface area contributed by atoms with Gasteiger partial charge in [0.2, 0.25) is 0 Å². The lowest BCUT2D eigenvalue weighted by atomic mass is 10.1. The van der Waals surface area contributed by atoms with Gasteiger partial charge in [-0.1, -0.05) is 6.92 Å². The van der Waals surface area contributed by atoms with Crippen LogP contribution in [0.15, 0.2) is 0 Å². The summed E-state index contributed by atoms with van der Waals surface area (Å²) in [7, 11) is 2.02. The molecule has 0 aromatic rings. The number of hydrogen-bond donors (Lipinski definition) is 3. The van der Waals surface area contributed by atoms with Crippen molar-refractivity contribution in [1.82, 2.24) is 15.5 Å². The molecule has 6 heteroatoms. The van der Waals surface area contributed by atoms with Gasteiger partial charge in [-0.05, 0) is 26.4 Å². The van der Waals surface area contributed by atoms with Crippen LogP contribution in [0.2, 0.25) is 0 Å². The molecule has 0 aromatic carbocycles. The van der Waals surface area contributed by atoms with Crippen LogP contribution in [0.4, 0.5) is 4.79 Å². The first kappa shape index (κ1) is 13.8. The first-order chi connectivity index (χ1) is 7.99. The van der Waals surface area contributed by atoms with Crippen LogP contribution in [0.5, 0.6) is 0 Å². The monoisotopic (exact) mass is 243 g/mol. The third-order valence-electron chi connectivity index (χ3n) is 3.01. The number of rotatable bonds is 5. The Hall–Kier alpha value is -1.30. The Kier molecular flexibility index (Phi) is 5.21. The number of likely N-dealkylation sites (tertiary alicyclic amines) is 1. The number of carbonyl (C=O) groups excluding carboxylic acids is 1. The Balaban J connectivity index is 2.11. The number of carboxylic acid groups (broad SMARTS) is 1. The van der Waals surface area contributed by atoms with Gasteiger partial charge < -0.3 is 20.6 Å². The van der Waals surface area contributed by atoms with E-state index in [2.05, 4.69) is 15.5 Å². The summed E-state index contributed by atoms with van der Waals surface area (Å²) in [5.74, 6) is -1.25. The van der Waals surface area contributed by atoms with E-state index in [0.717, 1.165) is 19.5 Å². The van der Waals surface area contributed by atoms with Gasteiger partial charge in [0.05, 0.1) is 5.92 Å². The molecular weight excluding hydrogens is 222 g/mol. The predicted molar refractivity (Wildman–Crippen MR) is 63.9 cm³/mol. The molecule has 2 atom stereocenters. The number of aliphatic carboxylic acids is 1. The Morgan fingerprint density at radius 3 is 2.76 bits per heavy atom. The Bertz CT molecular complexity index is 283. The fourth-order valence-corrected chi connectivity index (χ4v) is 1.81. The van der Waals surface area contributed by atoms with Gasteiger partial charge in [-0.15, -0.1) is 0 Å². The second kappa shape index (κ2) is 6.44. The standard InChI is InChI=1S/C11H21N3O3/c1-8(10(15)16)3-5-12-11(17)13-9-4-6-14(2)7-9/h8-9H,3-7H2,1-2H3,(H,15,16)(H2,12,13,17). The molecule has 1 aliphatic rings. The number of nitrogens with zero attached hydrogens (tertiary/aromatic N) is 1. The van der Waals surface area contributed by atoms with E-state index >= 15 is 0 Å². The molecule has 98 valence electrons. The van der Waals surface area contributed by atoms with Gasteiger partial charge in [0.1, 0.15) is 0 Å². The summed E-state index contributed by atoms with van der Waals surface area (Å²) in [6.07, 6.45) is 1.42. The molecule has 1 aliphatic heterocycles. The third-order valence-corrected chi connectivity index (χ3v) is 3.01. The highest BCUT2D eigenvalue weighted by Crippen LogP contribution is 2.05. The van der Waals surface area contributed by atoms with Gasteiger partial charge in [0.15, 0.2) is 0 Å². The minimum atomic E-state index is -0.829. The molecule has 0 radical (unpaired) electrons. The number of carboxylic acids is 1. The van der Waals surface area contributed by atoms with Crippen LogP contribution < -0.4 is 10.6 Å². The van der Waals surface area contributed by atoms with E-state index in [9.17, 15) is 9.59 Å². The lowest BCUT2D eigenvalue weighted by molar-refractivity contribution is -0.141. The van der Waals surface area contributed by atoms with E-state index in [1.807, 2.05) is 7.05 Å². The van der Waals surface area contributed by atoms with Crippen molar-refractivity contribution >= 4 is 12.0 Å². The van der Waals surface area contributed by atoms with Gasteiger partial charge in [-0.25, -0.2) is 4.79 Å². The molecule has 17 heavy (non-hydrogen) atoms. The third kappa shape index (κ3) is 5.04. The van der Waals surface area contributed by atoms with E-state index in [-0.39, 0.29) is 12.1 Å². The fraction of sp³-hybridized carbons (Fsp3) is 0.818. The Morgan fingerprint density at radius 2 is 2.24 bits per heavy atom. The summed E-state index contributed by atoms with van der Waals surface area (Å²) in [6, 6.07) is -0.000198. The summed E-state index contributed by atoms with van der Waals surface area (Å²) in [6.45, 7) is 3.90. The zero-order valence-corrected chi connectivity index (χ0v) is 10.4. The highest BCUT2D eigenvalue weighted by molar-refractivity contribution is 5.74. The minimum Gasteiger partial charge on any atom is -0.481 e. The zero-order chi connectivity index (χ0) is 12.8.